The van der Waals surface area contributed by atoms with Crippen molar-refractivity contribution in [3.05, 3.63) is 22.2 Å². The molecule has 0 radical (unpaired) electrons. The van der Waals surface area contributed by atoms with Crippen LogP contribution in [0.15, 0.2) is 22.1 Å². The standard InChI is InChI=1S/C9H11Cl2N5O/c1-14-8(12)16-9(13)15-7-5(10)2-4(17)3-6(7)11/h2-3,17H,1H3,(H5,12,13,14,15,16). The molecule has 0 aliphatic rings. The van der Waals surface area contributed by atoms with Gasteiger partial charge in [-0.15, -0.1) is 0 Å². The molecule has 0 aliphatic heterocycles. The summed E-state index contributed by atoms with van der Waals surface area (Å²) >= 11 is 11.7. The van der Waals surface area contributed by atoms with Gasteiger partial charge in [0.05, 0.1) is 15.7 Å². The average molecular weight is 276 g/mol. The van der Waals surface area contributed by atoms with Gasteiger partial charge in [0.2, 0.25) is 11.9 Å². The molecule has 0 fully saturated rings. The van der Waals surface area contributed by atoms with Crippen molar-refractivity contribution in [2.75, 3.05) is 12.4 Å². The molecule has 1 aromatic rings. The minimum atomic E-state index is -0.0457. The minimum absolute atomic E-state index is 0.0115. The molecular weight excluding hydrogens is 265 g/mol. The molecule has 0 saturated carbocycles. The van der Waals surface area contributed by atoms with Crippen LogP contribution < -0.4 is 16.8 Å². The first kappa shape index (κ1) is 13.4. The second-order valence-electron chi connectivity index (χ2n) is 2.99. The van der Waals surface area contributed by atoms with Crippen LogP contribution in [0.2, 0.25) is 10.0 Å². The zero-order valence-corrected chi connectivity index (χ0v) is 10.4. The Balaban J connectivity index is 3.00. The number of guanidine groups is 2. The molecule has 0 spiro atoms. The first-order valence-electron chi connectivity index (χ1n) is 4.45. The van der Waals surface area contributed by atoms with E-state index < -0.39 is 0 Å². The fourth-order valence-electron chi connectivity index (χ4n) is 1.01. The minimum Gasteiger partial charge on any atom is -0.508 e. The zero-order valence-electron chi connectivity index (χ0n) is 8.91. The highest BCUT2D eigenvalue weighted by molar-refractivity contribution is 6.40. The molecule has 8 heteroatoms. The van der Waals surface area contributed by atoms with Gasteiger partial charge in [0, 0.05) is 19.2 Å². The number of nitrogens with zero attached hydrogens (tertiary/aromatic N) is 2. The van der Waals surface area contributed by atoms with Crippen LogP contribution >= 0.6 is 23.2 Å². The number of phenols is 1. The molecule has 0 amide bonds. The van der Waals surface area contributed by atoms with E-state index in [4.69, 9.17) is 34.7 Å². The first-order valence-corrected chi connectivity index (χ1v) is 5.21. The normalized spacial score (nSPS) is 12.6. The second-order valence-corrected chi connectivity index (χ2v) is 3.80. The SMILES string of the molecule is CN=C(N)N=C(N)Nc1c(Cl)cc(O)cc1Cl. The summed E-state index contributed by atoms with van der Waals surface area (Å²) in [6, 6.07) is 2.64. The number of hydrogen-bond acceptors (Lipinski definition) is 2. The molecule has 0 unspecified atom stereocenters. The van der Waals surface area contributed by atoms with E-state index in [0.29, 0.717) is 5.69 Å². The summed E-state index contributed by atoms with van der Waals surface area (Å²) in [4.78, 5) is 7.34. The first-order chi connectivity index (χ1) is 7.93. The smallest absolute Gasteiger partial charge is 0.218 e. The van der Waals surface area contributed by atoms with Gasteiger partial charge in [-0.05, 0) is 0 Å². The highest BCUT2D eigenvalue weighted by Crippen LogP contribution is 2.33. The van der Waals surface area contributed by atoms with Gasteiger partial charge in [-0.25, -0.2) is 0 Å². The number of rotatable bonds is 1. The monoisotopic (exact) mass is 275 g/mol. The lowest BCUT2D eigenvalue weighted by atomic mass is 10.3. The third-order valence-corrected chi connectivity index (χ3v) is 2.34. The van der Waals surface area contributed by atoms with E-state index in [9.17, 15) is 5.11 Å². The van der Waals surface area contributed by atoms with Crippen LogP contribution in [0.5, 0.6) is 5.75 Å². The Morgan fingerprint density at radius 2 is 1.82 bits per heavy atom. The Kier molecular flexibility index (Phi) is 4.42. The number of aliphatic imine (C=N–C) groups is 2. The van der Waals surface area contributed by atoms with Crippen LogP contribution in [0, 0.1) is 0 Å². The average Bonchev–Trinajstić information content (AvgIpc) is 2.23. The van der Waals surface area contributed by atoms with Gasteiger partial charge in [0.15, 0.2) is 0 Å². The summed E-state index contributed by atoms with van der Waals surface area (Å²) < 4.78 is 0. The zero-order chi connectivity index (χ0) is 13.0. The number of halogens is 2. The van der Waals surface area contributed by atoms with Crippen LogP contribution in [-0.4, -0.2) is 24.1 Å². The van der Waals surface area contributed by atoms with Crippen molar-refractivity contribution in [3.63, 3.8) is 0 Å². The van der Waals surface area contributed by atoms with Crippen molar-refractivity contribution < 1.29 is 5.11 Å². The molecule has 1 rings (SSSR count). The number of aromatic hydroxyl groups is 1. The van der Waals surface area contributed by atoms with E-state index in [1.54, 1.807) is 0 Å². The molecule has 0 atom stereocenters. The molecule has 0 bridgehead atoms. The molecule has 6 N–H and O–H groups in total. The molecule has 17 heavy (non-hydrogen) atoms. The fourth-order valence-corrected chi connectivity index (χ4v) is 1.58. The van der Waals surface area contributed by atoms with Gasteiger partial charge in [-0.2, -0.15) is 4.99 Å². The maximum absolute atomic E-state index is 9.24. The molecule has 0 aromatic heterocycles. The van der Waals surface area contributed by atoms with Gasteiger partial charge in [0.1, 0.15) is 5.75 Å². The predicted octanol–water partition coefficient (Wildman–Crippen LogP) is 1.37. The lowest BCUT2D eigenvalue weighted by Crippen LogP contribution is -2.26. The summed E-state index contributed by atoms with van der Waals surface area (Å²) in [5.74, 6) is -0.0423. The quantitative estimate of drug-likeness (QED) is 0.353. The second kappa shape index (κ2) is 5.60. The van der Waals surface area contributed by atoms with Crippen LogP contribution in [0.3, 0.4) is 0 Å². The van der Waals surface area contributed by atoms with Crippen molar-refractivity contribution in [3.8, 4) is 5.75 Å². The summed E-state index contributed by atoms with van der Waals surface area (Å²) in [6.45, 7) is 0. The molecule has 1 aromatic carbocycles. The number of phenolic OH excluding ortho intramolecular Hbond substituents is 1. The van der Waals surface area contributed by atoms with Crippen molar-refractivity contribution >= 4 is 40.8 Å². The number of benzene rings is 1. The lowest BCUT2D eigenvalue weighted by Gasteiger charge is -2.09. The molecular formula is C9H11Cl2N5O. The summed E-state index contributed by atoms with van der Waals surface area (Å²) in [6.07, 6.45) is 0. The topological polar surface area (TPSA) is 109 Å². The van der Waals surface area contributed by atoms with E-state index in [1.807, 2.05) is 0 Å². The Bertz CT molecular complexity index is 463. The molecule has 92 valence electrons. The van der Waals surface area contributed by atoms with Gasteiger partial charge in [-0.3, -0.25) is 4.99 Å². The maximum atomic E-state index is 9.24. The van der Waals surface area contributed by atoms with Gasteiger partial charge in [0.25, 0.3) is 0 Å². The number of hydrogen-bond donors (Lipinski definition) is 4. The van der Waals surface area contributed by atoms with E-state index in [1.165, 1.54) is 19.2 Å². The third kappa shape index (κ3) is 3.69. The van der Waals surface area contributed by atoms with E-state index in [0.717, 1.165) is 0 Å². The number of nitrogens with one attached hydrogen (secondary N) is 1. The van der Waals surface area contributed by atoms with E-state index in [2.05, 4.69) is 15.3 Å². The van der Waals surface area contributed by atoms with Crippen LogP contribution in [0.4, 0.5) is 5.69 Å². The lowest BCUT2D eigenvalue weighted by molar-refractivity contribution is 0.475. The van der Waals surface area contributed by atoms with Crippen molar-refractivity contribution in [1.82, 2.24) is 0 Å². The summed E-state index contributed by atoms with van der Waals surface area (Å²) in [5.41, 5.74) is 11.3. The highest BCUT2D eigenvalue weighted by atomic mass is 35.5. The van der Waals surface area contributed by atoms with Gasteiger partial charge >= 0.3 is 0 Å². The van der Waals surface area contributed by atoms with Crippen LogP contribution in [0.1, 0.15) is 0 Å². The van der Waals surface area contributed by atoms with Gasteiger partial charge < -0.3 is 21.9 Å². The Morgan fingerprint density at radius 3 is 2.29 bits per heavy atom. The Hall–Kier alpha value is -1.66. The predicted molar refractivity (Wildman–Crippen MR) is 70.9 cm³/mol. The van der Waals surface area contributed by atoms with Crippen LogP contribution in [0.25, 0.3) is 0 Å². The Labute approximate surface area is 108 Å². The third-order valence-electron chi connectivity index (χ3n) is 1.74. The van der Waals surface area contributed by atoms with Crippen molar-refractivity contribution in [1.29, 1.82) is 0 Å². The van der Waals surface area contributed by atoms with Gasteiger partial charge in [-0.1, -0.05) is 23.2 Å². The largest absolute Gasteiger partial charge is 0.508 e. The van der Waals surface area contributed by atoms with Crippen molar-refractivity contribution in [2.24, 2.45) is 21.5 Å². The van der Waals surface area contributed by atoms with E-state index in [-0.39, 0.29) is 27.7 Å². The molecule has 0 aliphatic carbocycles. The number of nitrogens with two attached hydrogens (primary N) is 2. The van der Waals surface area contributed by atoms with Crippen LogP contribution in [-0.2, 0) is 0 Å². The Morgan fingerprint density at radius 1 is 1.29 bits per heavy atom. The highest BCUT2D eigenvalue weighted by Gasteiger charge is 2.09. The number of anilines is 1. The molecule has 0 heterocycles. The maximum Gasteiger partial charge on any atom is 0.218 e. The fraction of sp³-hybridized carbons (Fsp3) is 0.111. The molecule has 6 nitrogen and oxygen atoms in total. The summed E-state index contributed by atoms with van der Waals surface area (Å²) in [7, 11) is 1.48. The summed E-state index contributed by atoms with van der Waals surface area (Å²) in [5, 5.41) is 12.3. The van der Waals surface area contributed by atoms with E-state index >= 15 is 0 Å². The molecule has 0 saturated heterocycles. The van der Waals surface area contributed by atoms with Crippen molar-refractivity contribution in [2.45, 2.75) is 0 Å².